The maximum atomic E-state index is 5.44. The second-order valence-electron chi connectivity index (χ2n) is 3.50. The minimum Gasteiger partial charge on any atom is -0.327 e. The Hall–Kier alpha value is -0.380. The van der Waals surface area contributed by atoms with Crippen molar-refractivity contribution in [3.8, 4) is 0 Å². The third-order valence-electron chi connectivity index (χ3n) is 1.71. The monoisotopic (exact) mass is 171 g/mol. The van der Waals surface area contributed by atoms with Crippen molar-refractivity contribution in [2.24, 2.45) is 5.73 Å². The molecule has 0 fully saturated rings. The molecule has 0 radical (unpaired) electrons. The van der Waals surface area contributed by atoms with Crippen LogP contribution in [0.3, 0.4) is 0 Å². The van der Waals surface area contributed by atoms with Crippen LogP contribution in [0.5, 0.6) is 0 Å². The van der Waals surface area contributed by atoms with E-state index in [0.717, 1.165) is 25.2 Å². The highest BCUT2D eigenvalue weighted by molar-refractivity contribution is 4.98. The van der Waals surface area contributed by atoms with Gasteiger partial charge in [-0.1, -0.05) is 6.58 Å². The van der Waals surface area contributed by atoms with E-state index in [4.69, 9.17) is 5.73 Å². The smallest absolute Gasteiger partial charge is 0.0200 e. The molecule has 0 aromatic heterocycles. The van der Waals surface area contributed by atoms with Crippen molar-refractivity contribution in [1.82, 2.24) is 9.80 Å². The van der Waals surface area contributed by atoms with Gasteiger partial charge in [-0.25, -0.2) is 0 Å². The molecule has 0 saturated heterocycles. The Morgan fingerprint density at radius 3 is 2.25 bits per heavy atom. The fourth-order valence-corrected chi connectivity index (χ4v) is 0.896. The number of nitrogens with two attached hydrogens (primary N) is 1. The van der Waals surface area contributed by atoms with Crippen molar-refractivity contribution < 1.29 is 0 Å². The van der Waals surface area contributed by atoms with Crippen LogP contribution in [0.25, 0.3) is 0 Å². The molecule has 0 atom stereocenters. The molecule has 3 nitrogen and oxygen atoms in total. The minimum atomic E-state index is 0.590. The fraction of sp³-hybridized carbons (Fsp3) is 0.778. The van der Waals surface area contributed by atoms with Gasteiger partial charge >= 0.3 is 0 Å². The van der Waals surface area contributed by atoms with Crippen LogP contribution in [-0.2, 0) is 0 Å². The summed E-state index contributed by atoms with van der Waals surface area (Å²) < 4.78 is 0. The summed E-state index contributed by atoms with van der Waals surface area (Å²) in [6.07, 6.45) is 0. The van der Waals surface area contributed by atoms with Gasteiger partial charge in [0.1, 0.15) is 0 Å². The maximum Gasteiger partial charge on any atom is 0.0200 e. The molecule has 0 aromatic rings. The molecule has 72 valence electrons. The number of nitrogens with zero attached hydrogens (tertiary/aromatic N) is 2. The molecular formula is C9H21N3. The Kier molecular flexibility index (Phi) is 5.98. The summed E-state index contributed by atoms with van der Waals surface area (Å²) in [5.41, 5.74) is 6.53. The zero-order valence-electron chi connectivity index (χ0n) is 8.51. The number of likely N-dealkylation sites (N-methyl/N-ethyl adjacent to an activating group) is 2. The van der Waals surface area contributed by atoms with Gasteiger partial charge in [-0.2, -0.15) is 0 Å². The van der Waals surface area contributed by atoms with E-state index in [0.29, 0.717) is 6.54 Å². The summed E-state index contributed by atoms with van der Waals surface area (Å²) in [7, 11) is 6.24. The minimum absolute atomic E-state index is 0.590. The van der Waals surface area contributed by atoms with E-state index >= 15 is 0 Å². The van der Waals surface area contributed by atoms with Gasteiger partial charge in [-0.05, 0) is 26.7 Å². The lowest BCUT2D eigenvalue weighted by atomic mass is 10.3. The Morgan fingerprint density at radius 2 is 1.83 bits per heavy atom. The Balaban J connectivity index is 3.45. The molecule has 0 heterocycles. The highest BCUT2D eigenvalue weighted by atomic mass is 15.1. The fourth-order valence-electron chi connectivity index (χ4n) is 0.896. The van der Waals surface area contributed by atoms with E-state index in [1.54, 1.807) is 0 Å². The zero-order chi connectivity index (χ0) is 9.56. The summed E-state index contributed by atoms with van der Waals surface area (Å²) in [5.74, 6) is 0. The lowest BCUT2D eigenvalue weighted by molar-refractivity contribution is 0.297. The van der Waals surface area contributed by atoms with Crippen molar-refractivity contribution in [1.29, 1.82) is 0 Å². The molecule has 0 rings (SSSR count). The first-order valence-electron chi connectivity index (χ1n) is 4.26. The molecule has 0 unspecified atom stereocenters. The van der Waals surface area contributed by atoms with Gasteiger partial charge < -0.3 is 15.5 Å². The van der Waals surface area contributed by atoms with Crippen LogP contribution in [-0.4, -0.2) is 57.1 Å². The van der Waals surface area contributed by atoms with E-state index < -0.39 is 0 Å². The number of hydrogen-bond acceptors (Lipinski definition) is 3. The Morgan fingerprint density at radius 1 is 1.25 bits per heavy atom. The van der Waals surface area contributed by atoms with E-state index in [2.05, 4.69) is 37.5 Å². The summed E-state index contributed by atoms with van der Waals surface area (Å²) >= 11 is 0. The SMILES string of the molecule is C=C(CN)CN(C)CCN(C)C. The third kappa shape index (κ3) is 6.34. The quantitative estimate of drug-likeness (QED) is 0.571. The molecule has 3 heteroatoms. The lowest BCUT2D eigenvalue weighted by Gasteiger charge is -2.19. The number of hydrogen-bond donors (Lipinski definition) is 1. The standard InChI is InChI=1S/C9H21N3/c1-9(7-10)8-12(4)6-5-11(2)3/h1,5-8,10H2,2-4H3. The van der Waals surface area contributed by atoms with Gasteiger partial charge in [0.25, 0.3) is 0 Å². The Labute approximate surface area is 75.8 Å². The van der Waals surface area contributed by atoms with Crippen LogP contribution in [0, 0.1) is 0 Å². The first-order valence-corrected chi connectivity index (χ1v) is 4.26. The number of rotatable bonds is 6. The van der Waals surface area contributed by atoms with Gasteiger partial charge in [-0.15, -0.1) is 0 Å². The van der Waals surface area contributed by atoms with Crippen molar-refractivity contribution in [2.45, 2.75) is 0 Å². The summed E-state index contributed by atoms with van der Waals surface area (Å²) in [4.78, 5) is 4.40. The molecule has 0 bridgehead atoms. The normalized spacial score (nSPS) is 11.2. The molecule has 12 heavy (non-hydrogen) atoms. The van der Waals surface area contributed by atoms with Crippen LogP contribution in [0.15, 0.2) is 12.2 Å². The highest BCUT2D eigenvalue weighted by Crippen LogP contribution is 1.91. The second-order valence-corrected chi connectivity index (χ2v) is 3.50. The highest BCUT2D eigenvalue weighted by Gasteiger charge is 1.99. The first-order chi connectivity index (χ1) is 5.56. The van der Waals surface area contributed by atoms with Gasteiger partial charge in [0.2, 0.25) is 0 Å². The summed E-state index contributed by atoms with van der Waals surface area (Å²) in [5, 5.41) is 0. The van der Waals surface area contributed by atoms with E-state index in [9.17, 15) is 0 Å². The van der Waals surface area contributed by atoms with Crippen LogP contribution >= 0.6 is 0 Å². The van der Waals surface area contributed by atoms with Gasteiger partial charge in [0, 0.05) is 26.2 Å². The predicted octanol–water partition coefficient (Wildman–Crippen LogP) is -0.00530. The molecule has 0 aromatic carbocycles. The first kappa shape index (κ1) is 11.6. The van der Waals surface area contributed by atoms with Crippen LogP contribution in [0.1, 0.15) is 0 Å². The lowest BCUT2D eigenvalue weighted by Crippen LogP contribution is -2.31. The third-order valence-corrected chi connectivity index (χ3v) is 1.71. The average molecular weight is 171 g/mol. The van der Waals surface area contributed by atoms with Gasteiger partial charge in [-0.3, -0.25) is 0 Å². The van der Waals surface area contributed by atoms with Crippen molar-refractivity contribution in [3.05, 3.63) is 12.2 Å². The topological polar surface area (TPSA) is 32.5 Å². The van der Waals surface area contributed by atoms with Gasteiger partial charge in [0.15, 0.2) is 0 Å². The predicted molar refractivity (Wildman–Crippen MR) is 54.2 cm³/mol. The molecule has 0 aliphatic heterocycles. The van der Waals surface area contributed by atoms with E-state index in [1.165, 1.54) is 0 Å². The van der Waals surface area contributed by atoms with Crippen LogP contribution in [0.4, 0.5) is 0 Å². The molecule has 0 aliphatic rings. The average Bonchev–Trinajstić information content (AvgIpc) is 2.00. The maximum absolute atomic E-state index is 5.44. The van der Waals surface area contributed by atoms with Gasteiger partial charge in [0.05, 0.1) is 0 Å². The molecule has 0 aliphatic carbocycles. The molecule has 2 N–H and O–H groups in total. The van der Waals surface area contributed by atoms with Crippen molar-refractivity contribution in [2.75, 3.05) is 47.3 Å². The molecular weight excluding hydrogens is 150 g/mol. The van der Waals surface area contributed by atoms with E-state index in [1.807, 2.05) is 0 Å². The summed E-state index contributed by atoms with van der Waals surface area (Å²) in [6, 6.07) is 0. The van der Waals surface area contributed by atoms with Crippen molar-refractivity contribution in [3.63, 3.8) is 0 Å². The largest absolute Gasteiger partial charge is 0.327 e. The zero-order valence-corrected chi connectivity index (χ0v) is 8.51. The van der Waals surface area contributed by atoms with Crippen LogP contribution < -0.4 is 5.73 Å². The molecule has 0 amide bonds. The van der Waals surface area contributed by atoms with Crippen molar-refractivity contribution >= 4 is 0 Å². The molecule has 0 spiro atoms. The Bertz CT molecular complexity index is 132. The van der Waals surface area contributed by atoms with E-state index in [-0.39, 0.29) is 0 Å². The van der Waals surface area contributed by atoms with Crippen LogP contribution in [0.2, 0.25) is 0 Å². The second kappa shape index (κ2) is 6.17. The summed E-state index contributed by atoms with van der Waals surface area (Å²) in [6.45, 7) is 7.50. The molecule has 0 saturated carbocycles.